The van der Waals surface area contributed by atoms with Crippen LogP contribution >= 0.6 is 0 Å². The first-order chi connectivity index (χ1) is 17.2. The van der Waals surface area contributed by atoms with Gasteiger partial charge in [0.15, 0.2) is 11.6 Å². The summed E-state index contributed by atoms with van der Waals surface area (Å²) in [5, 5.41) is 0. The smallest absolute Gasteiger partial charge is 0.422 e. The first kappa shape index (κ1) is 28.5. The van der Waals surface area contributed by atoms with Gasteiger partial charge in [-0.3, -0.25) is 0 Å². The Hall–Kier alpha value is -4.05. The van der Waals surface area contributed by atoms with Crippen molar-refractivity contribution in [3.8, 4) is 23.0 Å². The summed E-state index contributed by atoms with van der Waals surface area (Å²) in [6.45, 7) is 0. The summed E-state index contributed by atoms with van der Waals surface area (Å²) in [5.41, 5.74) is 0.852. The maximum Gasteiger partial charge on any atom is 0.422 e. The number of rotatable bonds is 4. The summed E-state index contributed by atoms with van der Waals surface area (Å²) in [6.07, 6.45) is -16.8. The maximum atomic E-state index is 14.5. The van der Waals surface area contributed by atoms with Gasteiger partial charge in [0.1, 0.15) is 45.6 Å². The highest BCUT2D eigenvalue weighted by Crippen LogP contribution is 2.49. The average molecular weight is 568 g/mol. The van der Waals surface area contributed by atoms with E-state index < -0.39 is 92.9 Å². The van der Waals surface area contributed by atoms with Crippen molar-refractivity contribution in [3.05, 3.63) is 70.3 Å². The predicted molar refractivity (Wildman–Crippen MR) is 103 cm³/mol. The zero-order valence-electron chi connectivity index (χ0n) is 17.8. The molecule has 206 valence electrons. The molecule has 3 aromatic rings. The van der Waals surface area contributed by atoms with Crippen molar-refractivity contribution in [2.45, 2.75) is 18.5 Å². The fourth-order valence-electron chi connectivity index (χ4n) is 3.21. The van der Waals surface area contributed by atoms with Gasteiger partial charge in [0, 0.05) is 18.2 Å². The minimum absolute atomic E-state index is 0.0241. The molecule has 0 amide bonds. The van der Waals surface area contributed by atoms with E-state index in [9.17, 15) is 57.1 Å². The van der Waals surface area contributed by atoms with Crippen molar-refractivity contribution in [1.82, 2.24) is 0 Å². The Morgan fingerprint density at radius 1 is 0.447 bits per heavy atom. The molecule has 17 heteroatoms. The number of ether oxygens (including phenoxy) is 2. The molecule has 4 N–H and O–H groups in total. The number of nitrogens with two attached hydrogens (primary N) is 2. The Morgan fingerprint density at radius 3 is 1.16 bits per heavy atom. The molecule has 0 bridgehead atoms. The van der Waals surface area contributed by atoms with Crippen LogP contribution in [0.3, 0.4) is 0 Å². The van der Waals surface area contributed by atoms with Gasteiger partial charge < -0.3 is 20.9 Å². The normalized spacial score (nSPS) is 12.6. The van der Waals surface area contributed by atoms with Crippen LogP contribution in [0.25, 0.3) is 0 Å². The Balaban J connectivity index is 2.29. The molecule has 0 saturated carbocycles. The van der Waals surface area contributed by atoms with Crippen LogP contribution in [0, 0.1) is 23.3 Å². The van der Waals surface area contributed by atoms with Crippen LogP contribution in [0.15, 0.2) is 30.3 Å². The second-order valence-electron chi connectivity index (χ2n) is 7.31. The number of alkyl halides is 9. The molecule has 0 atom stereocenters. The molecule has 0 aliphatic carbocycles. The molecule has 38 heavy (non-hydrogen) atoms. The van der Waals surface area contributed by atoms with Crippen LogP contribution in [0.1, 0.15) is 16.7 Å². The fraction of sp³-hybridized carbons (Fsp3) is 0.143. The lowest BCUT2D eigenvalue weighted by molar-refractivity contribution is -0.141. The minimum Gasteiger partial charge on any atom is -0.456 e. The summed E-state index contributed by atoms with van der Waals surface area (Å²) >= 11 is 0. The van der Waals surface area contributed by atoms with Crippen molar-refractivity contribution in [2.24, 2.45) is 0 Å². The van der Waals surface area contributed by atoms with Crippen molar-refractivity contribution in [2.75, 3.05) is 11.5 Å². The quantitative estimate of drug-likeness (QED) is 0.247. The Kier molecular flexibility index (Phi) is 7.02. The minimum atomic E-state index is -5.88. The van der Waals surface area contributed by atoms with E-state index in [2.05, 4.69) is 9.47 Å². The second-order valence-corrected chi connectivity index (χ2v) is 7.31. The molecule has 0 saturated heterocycles. The molecular weight excluding hydrogens is 559 g/mol. The number of hydrogen-bond acceptors (Lipinski definition) is 4. The molecule has 0 aliphatic rings. The van der Waals surface area contributed by atoms with E-state index in [0.717, 1.165) is 0 Å². The third-order valence-corrected chi connectivity index (χ3v) is 4.62. The van der Waals surface area contributed by atoms with Gasteiger partial charge in [0.25, 0.3) is 0 Å². The number of hydrogen-bond donors (Lipinski definition) is 2. The molecule has 3 rings (SSSR count). The summed E-state index contributed by atoms with van der Waals surface area (Å²) in [5.74, 6) is -15.7. The van der Waals surface area contributed by atoms with E-state index in [1.54, 1.807) is 0 Å². The molecule has 4 nitrogen and oxygen atoms in total. The van der Waals surface area contributed by atoms with Crippen LogP contribution < -0.4 is 20.9 Å². The van der Waals surface area contributed by atoms with Gasteiger partial charge in [-0.2, -0.15) is 43.9 Å². The van der Waals surface area contributed by atoms with Crippen LogP contribution in [0.2, 0.25) is 0 Å². The summed E-state index contributed by atoms with van der Waals surface area (Å²) in [6, 6.07) is -0.0856. The van der Waals surface area contributed by atoms with Gasteiger partial charge in [0.05, 0.1) is 11.4 Å². The molecule has 0 aliphatic heterocycles. The molecule has 0 spiro atoms. The Bertz CT molecular complexity index is 1400. The van der Waals surface area contributed by atoms with Gasteiger partial charge in [-0.15, -0.1) is 0 Å². The van der Waals surface area contributed by atoms with E-state index in [1.807, 2.05) is 0 Å². The standard InChI is InChI=1S/C21H9F13N2O2/c22-6-1-8(35)14(19(26,27)28)10(3-6)37-12-5-13(17(24)18(25)16(12)21(32,33)34)38-11-4-7(23)2-9(36)15(11)20(29,30)31/h1-5H,35-36H2. The summed E-state index contributed by atoms with van der Waals surface area (Å²) in [4.78, 5) is 0. The van der Waals surface area contributed by atoms with E-state index in [1.165, 1.54) is 0 Å². The molecule has 0 unspecified atom stereocenters. The van der Waals surface area contributed by atoms with Crippen molar-refractivity contribution < 1.29 is 66.5 Å². The number of anilines is 2. The molecule has 0 aromatic heterocycles. The molecule has 0 fully saturated rings. The van der Waals surface area contributed by atoms with Gasteiger partial charge in [-0.1, -0.05) is 0 Å². The highest BCUT2D eigenvalue weighted by atomic mass is 19.4. The van der Waals surface area contributed by atoms with Gasteiger partial charge in [-0.25, -0.2) is 13.2 Å². The number of halogens is 13. The maximum absolute atomic E-state index is 14.5. The van der Waals surface area contributed by atoms with E-state index >= 15 is 0 Å². The summed E-state index contributed by atoms with van der Waals surface area (Å²) < 4.78 is 186. The van der Waals surface area contributed by atoms with E-state index in [0.29, 0.717) is 0 Å². The van der Waals surface area contributed by atoms with Gasteiger partial charge >= 0.3 is 18.5 Å². The summed E-state index contributed by atoms with van der Waals surface area (Å²) in [7, 11) is 0. The lowest BCUT2D eigenvalue weighted by Crippen LogP contribution is -2.15. The molecule has 3 aromatic carbocycles. The highest BCUT2D eigenvalue weighted by molar-refractivity contribution is 5.60. The second kappa shape index (κ2) is 9.36. The third kappa shape index (κ3) is 5.60. The monoisotopic (exact) mass is 568 g/mol. The van der Waals surface area contributed by atoms with Crippen molar-refractivity contribution in [3.63, 3.8) is 0 Å². The van der Waals surface area contributed by atoms with Gasteiger partial charge in [-0.05, 0) is 12.1 Å². The lowest BCUT2D eigenvalue weighted by atomic mass is 10.1. The SMILES string of the molecule is Nc1cc(F)cc(Oc2cc(Oc3cc(F)cc(N)c3C(F)(F)F)c(C(F)(F)F)c(F)c2F)c1C(F)(F)F. The van der Waals surface area contributed by atoms with Crippen molar-refractivity contribution in [1.29, 1.82) is 0 Å². The molecular formula is C21H9F13N2O2. The average Bonchev–Trinajstić information content (AvgIpc) is 2.67. The number of benzene rings is 3. The fourth-order valence-corrected chi connectivity index (χ4v) is 3.21. The highest BCUT2D eigenvalue weighted by Gasteiger charge is 2.44. The van der Waals surface area contributed by atoms with Crippen LogP contribution in [0.4, 0.5) is 68.5 Å². The first-order valence-corrected chi connectivity index (χ1v) is 9.49. The topological polar surface area (TPSA) is 70.5 Å². The third-order valence-electron chi connectivity index (χ3n) is 4.62. The predicted octanol–water partition coefficient (Wildman–Crippen LogP) is 8.05. The van der Waals surface area contributed by atoms with E-state index in [4.69, 9.17) is 11.5 Å². The molecule has 0 heterocycles. The van der Waals surface area contributed by atoms with Crippen LogP contribution in [-0.4, -0.2) is 0 Å². The zero-order chi connectivity index (χ0) is 29.0. The van der Waals surface area contributed by atoms with E-state index in [-0.39, 0.29) is 30.3 Å². The van der Waals surface area contributed by atoms with Crippen LogP contribution in [0.5, 0.6) is 23.0 Å². The largest absolute Gasteiger partial charge is 0.456 e. The van der Waals surface area contributed by atoms with Gasteiger partial charge in [0.2, 0.25) is 5.82 Å². The number of nitrogen functional groups attached to an aromatic ring is 2. The Morgan fingerprint density at radius 2 is 0.789 bits per heavy atom. The van der Waals surface area contributed by atoms with Crippen LogP contribution in [-0.2, 0) is 18.5 Å². The molecule has 0 radical (unpaired) electrons. The first-order valence-electron chi connectivity index (χ1n) is 9.49. The lowest BCUT2D eigenvalue weighted by Gasteiger charge is -2.21. The Labute approximate surface area is 202 Å². The van der Waals surface area contributed by atoms with Crippen molar-refractivity contribution >= 4 is 11.4 Å². The zero-order valence-corrected chi connectivity index (χ0v) is 17.8.